The molecule has 6 heteroatoms. The summed E-state index contributed by atoms with van der Waals surface area (Å²) in [6.07, 6.45) is 1.77. The molecule has 0 aliphatic carbocycles. The molecule has 0 aromatic heterocycles. The molecule has 1 aliphatic rings. The van der Waals surface area contributed by atoms with Crippen LogP contribution in [0.15, 0.2) is 72.4 Å². The summed E-state index contributed by atoms with van der Waals surface area (Å²) in [5.41, 5.74) is 1.60. The molecule has 1 aliphatic heterocycles. The van der Waals surface area contributed by atoms with Crippen LogP contribution < -0.4 is 15.4 Å². The van der Waals surface area contributed by atoms with Crippen molar-refractivity contribution in [1.82, 2.24) is 15.5 Å². The maximum atomic E-state index is 13.3. The van der Waals surface area contributed by atoms with E-state index in [4.69, 9.17) is 4.74 Å². The number of methoxy groups -OCH3 is 1. The molecule has 0 saturated carbocycles. The Morgan fingerprint density at radius 2 is 1.68 bits per heavy atom. The van der Waals surface area contributed by atoms with Crippen LogP contribution in [0.1, 0.15) is 15.9 Å². The lowest BCUT2D eigenvalue weighted by atomic mass is 10.0. The number of benzene rings is 3. The minimum atomic E-state index is -0.336. The van der Waals surface area contributed by atoms with E-state index in [9.17, 15) is 9.59 Å². The summed E-state index contributed by atoms with van der Waals surface area (Å²) in [6, 6.07) is 20.7. The van der Waals surface area contributed by atoms with E-state index in [-0.39, 0.29) is 17.5 Å². The zero-order valence-corrected chi connectivity index (χ0v) is 17.4. The lowest BCUT2D eigenvalue weighted by Gasteiger charge is -2.28. The summed E-state index contributed by atoms with van der Waals surface area (Å²) in [7, 11) is 1.58. The summed E-state index contributed by atoms with van der Waals surface area (Å²) in [4.78, 5) is 28.0. The molecular weight excluding hydrogens is 390 g/mol. The molecule has 31 heavy (non-hydrogen) atoms. The summed E-state index contributed by atoms with van der Waals surface area (Å²) in [6.45, 7) is 2.67. The van der Waals surface area contributed by atoms with E-state index in [0.717, 1.165) is 29.4 Å². The number of ether oxygens (including phenoxy) is 1. The maximum Gasteiger partial charge on any atom is 0.270 e. The number of hydrogen-bond acceptors (Lipinski definition) is 4. The lowest BCUT2D eigenvalue weighted by molar-refractivity contribution is -0.127. The zero-order chi connectivity index (χ0) is 21.6. The monoisotopic (exact) mass is 415 g/mol. The average molecular weight is 415 g/mol. The van der Waals surface area contributed by atoms with Gasteiger partial charge in [-0.25, -0.2) is 0 Å². The van der Waals surface area contributed by atoms with Crippen molar-refractivity contribution < 1.29 is 14.3 Å². The van der Waals surface area contributed by atoms with Crippen LogP contribution in [0.5, 0.6) is 5.75 Å². The molecule has 1 saturated heterocycles. The number of fused-ring (bicyclic) bond motifs is 1. The molecule has 2 amide bonds. The van der Waals surface area contributed by atoms with Crippen molar-refractivity contribution in [3.8, 4) is 5.75 Å². The Bertz CT molecular complexity index is 1110. The second-order valence-electron chi connectivity index (χ2n) is 7.35. The minimum absolute atomic E-state index is 0.184. The van der Waals surface area contributed by atoms with Crippen LogP contribution >= 0.6 is 0 Å². The van der Waals surface area contributed by atoms with E-state index in [1.54, 1.807) is 42.4 Å². The van der Waals surface area contributed by atoms with E-state index in [1.807, 2.05) is 42.5 Å². The minimum Gasteiger partial charge on any atom is -0.497 e. The van der Waals surface area contributed by atoms with Crippen LogP contribution in [-0.2, 0) is 4.79 Å². The molecule has 2 N–H and O–H groups in total. The molecule has 3 aromatic rings. The van der Waals surface area contributed by atoms with Gasteiger partial charge in [-0.3, -0.25) is 9.59 Å². The molecule has 3 aromatic carbocycles. The number of nitrogens with one attached hydrogen (secondary N) is 2. The first-order valence-corrected chi connectivity index (χ1v) is 10.3. The van der Waals surface area contributed by atoms with Crippen LogP contribution in [0.2, 0.25) is 0 Å². The SMILES string of the molecule is COc1ccc(C(=O)N/C(=C\c2cccc3ccccc23)C(=O)N2CCNCC2)cc1. The Morgan fingerprint density at radius 1 is 0.968 bits per heavy atom. The summed E-state index contributed by atoms with van der Waals surface area (Å²) in [5, 5.41) is 8.20. The second-order valence-corrected chi connectivity index (χ2v) is 7.35. The van der Waals surface area contributed by atoms with Crippen LogP contribution in [-0.4, -0.2) is 50.0 Å². The van der Waals surface area contributed by atoms with Gasteiger partial charge < -0.3 is 20.3 Å². The molecule has 0 unspecified atom stereocenters. The van der Waals surface area contributed by atoms with Crippen molar-refractivity contribution in [2.45, 2.75) is 0 Å². The van der Waals surface area contributed by atoms with Crippen molar-refractivity contribution in [2.24, 2.45) is 0 Å². The Hall–Kier alpha value is -3.64. The third-order valence-electron chi connectivity index (χ3n) is 5.36. The van der Waals surface area contributed by atoms with Gasteiger partial charge in [0.1, 0.15) is 11.4 Å². The fourth-order valence-electron chi connectivity index (χ4n) is 3.66. The number of carbonyl (C=O) groups excluding carboxylic acids is 2. The lowest BCUT2D eigenvalue weighted by Crippen LogP contribution is -2.48. The quantitative estimate of drug-likeness (QED) is 0.629. The van der Waals surface area contributed by atoms with Crippen molar-refractivity contribution in [3.63, 3.8) is 0 Å². The molecular formula is C25H25N3O3. The molecule has 0 radical (unpaired) electrons. The van der Waals surface area contributed by atoms with Crippen molar-refractivity contribution in [2.75, 3.05) is 33.3 Å². The normalized spacial score (nSPS) is 14.4. The fraction of sp³-hybridized carbons (Fsp3) is 0.200. The Morgan fingerprint density at radius 3 is 2.42 bits per heavy atom. The van der Waals surface area contributed by atoms with Crippen molar-refractivity contribution in [3.05, 3.63) is 83.6 Å². The first-order valence-electron chi connectivity index (χ1n) is 10.3. The summed E-state index contributed by atoms with van der Waals surface area (Å²) in [5.74, 6) is 0.147. The average Bonchev–Trinajstić information content (AvgIpc) is 2.84. The Kier molecular flexibility index (Phi) is 6.29. The summed E-state index contributed by atoms with van der Waals surface area (Å²) >= 11 is 0. The van der Waals surface area contributed by atoms with Gasteiger partial charge in [-0.15, -0.1) is 0 Å². The van der Waals surface area contributed by atoms with Gasteiger partial charge >= 0.3 is 0 Å². The molecule has 0 bridgehead atoms. The molecule has 0 spiro atoms. The highest BCUT2D eigenvalue weighted by molar-refractivity contribution is 6.06. The largest absolute Gasteiger partial charge is 0.497 e. The first-order chi connectivity index (χ1) is 15.2. The number of carbonyl (C=O) groups is 2. The number of piperazine rings is 1. The standard InChI is InChI=1S/C25H25N3O3/c1-31-21-11-9-19(10-12-21)24(29)27-23(25(30)28-15-13-26-14-16-28)17-20-7-4-6-18-5-2-3-8-22(18)20/h2-12,17,26H,13-16H2,1H3,(H,27,29)/b23-17-. The van der Waals surface area contributed by atoms with Crippen LogP contribution in [0, 0.1) is 0 Å². The van der Waals surface area contributed by atoms with Gasteiger partial charge in [0, 0.05) is 31.7 Å². The highest BCUT2D eigenvalue weighted by atomic mass is 16.5. The van der Waals surface area contributed by atoms with Crippen molar-refractivity contribution >= 4 is 28.7 Å². The van der Waals surface area contributed by atoms with E-state index >= 15 is 0 Å². The number of rotatable bonds is 5. The van der Waals surface area contributed by atoms with Crippen molar-refractivity contribution in [1.29, 1.82) is 0 Å². The molecule has 0 atom stereocenters. The number of hydrogen-bond donors (Lipinski definition) is 2. The highest BCUT2D eigenvalue weighted by Gasteiger charge is 2.22. The van der Waals surface area contributed by atoms with E-state index in [2.05, 4.69) is 10.6 Å². The first kappa shape index (κ1) is 20.6. The maximum absolute atomic E-state index is 13.3. The molecule has 158 valence electrons. The van der Waals surface area contributed by atoms with Gasteiger partial charge in [0.25, 0.3) is 11.8 Å². The molecule has 1 fully saturated rings. The van der Waals surface area contributed by atoms with E-state index in [1.165, 1.54) is 0 Å². The third kappa shape index (κ3) is 4.75. The molecule has 6 nitrogen and oxygen atoms in total. The van der Waals surface area contributed by atoms with Gasteiger partial charge in [-0.1, -0.05) is 42.5 Å². The Balaban J connectivity index is 1.69. The van der Waals surface area contributed by atoms with Gasteiger partial charge in [0.2, 0.25) is 0 Å². The highest BCUT2D eigenvalue weighted by Crippen LogP contribution is 2.21. The van der Waals surface area contributed by atoms with E-state index in [0.29, 0.717) is 24.4 Å². The van der Waals surface area contributed by atoms with Gasteiger partial charge in [0.05, 0.1) is 7.11 Å². The summed E-state index contributed by atoms with van der Waals surface area (Å²) < 4.78 is 5.16. The molecule has 4 rings (SSSR count). The van der Waals surface area contributed by atoms with Gasteiger partial charge in [-0.2, -0.15) is 0 Å². The Labute approximate surface area is 181 Å². The van der Waals surface area contributed by atoms with E-state index < -0.39 is 0 Å². The fourth-order valence-corrected chi connectivity index (χ4v) is 3.66. The predicted octanol–water partition coefficient (Wildman–Crippen LogP) is 3.05. The second kappa shape index (κ2) is 9.45. The number of nitrogens with zero attached hydrogens (tertiary/aromatic N) is 1. The van der Waals surface area contributed by atoms with Crippen LogP contribution in [0.3, 0.4) is 0 Å². The van der Waals surface area contributed by atoms with Gasteiger partial charge in [0.15, 0.2) is 0 Å². The smallest absolute Gasteiger partial charge is 0.270 e. The zero-order valence-electron chi connectivity index (χ0n) is 17.4. The number of amides is 2. The topological polar surface area (TPSA) is 70.7 Å². The van der Waals surface area contributed by atoms with Crippen LogP contribution in [0.25, 0.3) is 16.8 Å². The molecule has 1 heterocycles. The third-order valence-corrected chi connectivity index (χ3v) is 5.36. The predicted molar refractivity (Wildman–Crippen MR) is 122 cm³/mol. The van der Waals surface area contributed by atoms with Crippen LogP contribution in [0.4, 0.5) is 0 Å². The van der Waals surface area contributed by atoms with Gasteiger partial charge in [-0.05, 0) is 46.7 Å².